The Bertz CT molecular complexity index is 1210. The predicted octanol–water partition coefficient (Wildman–Crippen LogP) is 5.03. The van der Waals surface area contributed by atoms with Crippen LogP contribution in [0.3, 0.4) is 0 Å². The number of carbonyl (C=O) groups is 2. The minimum atomic E-state index is -0.0841. The molecule has 0 aromatic heterocycles. The fourth-order valence-electron chi connectivity index (χ4n) is 5.63. The van der Waals surface area contributed by atoms with Crippen molar-refractivity contribution in [3.63, 3.8) is 0 Å². The van der Waals surface area contributed by atoms with E-state index in [-0.39, 0.29) is 37.5 Å². The summed E-state index contributed by atoms with van der Waals surface area (Å²) in [6, 6.07) is 28.8. The molecule has 0 radical (unpaired) electrons. The lowest BCUT2D eigenvalue weighted by molar-refractivity contribution is 0.0936. The highest BCUT2D eigenvalue weighted by Gasteiger charge is 2.34. The summed E-state index contributed by atoms with van der Waals surface area (Å²) in [5, 5.41) is 3.13. The number of rotatable bonds is 8. The van der Waals surface area contributed by atoms with E-state index in [0.29, 0.717) is 18.7 Å². The third-order valence-electron chi connectivity index (χ3n) is 7.93. The Morgan fingerprint density at radius 2 is 1.51 bits per heavy atom. The van der Waals surface area contributed by atoms with Gasteiger partial charge in [-0.15, -0.1) is 0 Å². The van der Waals surface area contributed by atoms with Crippen LogP contribution in [0.15, 0.2) is 84.9 Å². The summed E-state index contributed by atoms with van der Waals surface area (Å²) >= 11 is 0. The van der Waals surface area contributed by atoms with Gasteiger partial charge in [0, 0.05) is 50.9 Å². The molecular formula is C32H40N4O2S. The Labute approximate surface area is 239 Å². The van der Waals surface area contributed by atoms with Gasteiger partial charge in [-0.1, -0.05) is 72.8 Å². The van der Waals surface area contributed by atoms with Crippen LogP contribution < -0.4 is 5.32 Å². The third-order valence-corrected chi connectivity index (χ3v) is 7.93. The topological polar surface area (TPSA) is 55.9 Å². The Morgan fingerprint density at radius 1 is 0.846 bits per heavy atom. The Kier molecular flexibility index (Phi) is 10.1. The molecule has 0 saturated carbocycles. The summed E-state index contributed by atoms with van der Waals surface area (Å²) in [6.45, 7) is 4.28. The molecule has 0 bridgehead atoms. The molecule has 1 N–H and O–H groups in total. The van der Waals surface area contributed by atoms with Crippen molar-refractivity contribution in [1.29, 1.82) is 0 Å². The van der Waals surface area contributed by atoms with Gasteiger partial charge in [0.1, 0.15) is 0 Å². The van der Waals surface area contributed by atoms with Crippen molar-refractivity contribution in [3.05, 3.63) is 96.1 Å². The van der Waals surface area contributed by atoms with Gasteiger partial charge in [0.2, 0.25) is 0 Å². The molecule has 206 valence electrons. The number of urea groups is 1. The van der Waals surface area contributed by atoms with Crippen molar-refractivity contribution in [2.75, 3.05) is 39.8 Å². The first-order chi connectivity index (χ1) is 18.6. The number of amides is 3. The second kappa shape index (κ2) is 13.7. The van der Waals surface area contributed by atoms with Gasteiger partial charge in [0.25, 0.3) is 5.91 Å². The average molecular weight is 545 g/mol. The number of carbonyl (C=O) groups excluding carboxylic acids is 2. The lowest BCUT2D eigenvalue weighted by atomic mass is 10.0. The maximum Gasteiger partial charge on any atom is 0.320 e. The van der Waals surface area contributed by atoms with E-state index in [1.807, 2.05) is 59.3 Å². The first-order valence-corrected chi connectivity index (χ1v) is 13.8. The highest BCUT2D eigenvalue weighted by Crippen LogP contribution is 2.21. The molecule has 39 heavy (non-hydrogen) atoms. The Morgan fingerprint density at radius 3 is 2.23 bits per heavy atom. The molecule has 2 aliphatic heterocycles. The van der Waals surface area contributed by atoms with Gasteiger partial charge >= 0.3 is 6.03 Å². The van der Waals surface area contributed by atoms with Gasteiger partial charge in [0.15, 0.2) is 0 Å². The first-order valence-electron chi connectivity index (χ1n) is 13.8. The van der Waals surface area contributed by atoms with Crippen molar-refractivity contribution in [2.24, 2.45) is 0 Å². The largest absolute Gasteiger partial charge is 0.347 e. The highest BCUT2D eigenvalue weighted by molar-refractivity contribution is 7.59. The number of hydrogen-bond donors (Lipinski definition) is 1. The number of benzene rings is 3. The van der Waals surface area contributed by atoms with E-state index >= 15 is 0 Å². The van der Waals surface area contributed by atoms with E-state index < -0.39 is 0 Å². The summed E-state index contributed by atoms with van der Waals surface area (Å²) in [7, 11) is 1.93. The fraction of sp³-hybridized carbons (Fsp3) is 0.375. The van der Waals surface area contributed by atoms with Gasteiger partial charge in [-0.2, -0.15) is 13.5 Å². The minimum absolute atomic E-state index is 0. The van der Waals surface area contributed by atoms with Crippen molar-refractivity contribution in [2.45, 2.75) is 37.8 Å². The average Bonchev–Trinajstić information content (AvgIpc) is 3.63. The molecule has 2 fully saturated rings. The zero-order valence-corrected chi connectivity index (χ0v) is 23.8. The maximum atomic E-state index is 13.2. The third kappa shape index (κ3) is 7.43. The van der Waals surface area contributed by atoms with E-state index in [1.165, 1.54) is 5.56 Å². The number of likely N-dealkylation sites (N-methyl/N-ethyl adjacent to an activating group) is 1. The van der Waals surface area contributed by atoms with Crippen molar-refractivity contribution >= 4 is 25.4 Å². The van der Waals surface area contributed by atoms with E-state index in [2.05, 4.69) is 52.7 Å². The number of aryl methyl sites for hydroxylation is 1. The van der Waals surface area contributed by atoms with E-state index in [9.17, 15) is 9.59 Å². The molecule has 3 aromatic rings. The normalized spacial score (nSPS) is 18.9. The first kappa shape index (κ1) is 28.7. The molecule has 5 rings (SSSR count). The molecular weight excluding hydrogens is 504 g/mol. The minimum Gasteiger partial charge on any atom is -0.347 e. The van der Waals surface area contributed by atoms with Crippen LogP contribution in [0.5, 0.6) is 0 Å². The zero-order valence-electron chi connectivity index (χ0n) is 22.8. The summed E-state index contributed by atoms with van der Waals surface area (Å²) in [6.07, 6.45) is 4.02. The molecule has 3 aromatic carbocycles. The fourth-order valence-corrected chi connectivity index (χ4v) is 5.63. The van der Waals surface area contributed by atoms with Gasteiger partial charge in [-0.3, -0.25) is 4.79 Å². The second-order valence-electron chi connectivity index (χ2n) is 10.6. The quantitative estimate of drug-likeness (QED) is 0.433. The van der Waals surface area contributed by atoms with Crippen molar-refractivity contribution in [3.8, 4) is 11.1 Å². The molecule has 2 saturated heterocycles. The van der Waals surface area contributed by atoms with Gasteiger partial charge in [-0.25, -0.2) is 4.79 Å². The maximum absolute atomic E-state index is 13.2. The molecule has 2 heterocycles. The van der Waals surface area contributed by atoms with Gasteiger partial charge in [-0.05, 0) is 61.1 Å². The van der Waals surface area contributed by atoms with Crippen LogP contribution in [0.4, 0.5) is 4.79 Å². The number of nitrogens with zero attached hydrogens (tertiary/aromatic N) is 3. The summed E-state index contributed by atoms with van der Waals surface area (Å²) < 4.78 is 0. The molecule has 0 spiro atoms. The van der Waals surface area contributed by atoms with Crippen LogP contribution in [0.2, 0.25) is 0 Å². The summed E-state index contributed by atoms with van der Waals surface area (Å²) in [4.78, 5) is 32.4. The second-order valence-corrected chi connectivity index (χ2v) is 10.6. The van der Waals surface area contributed by atoms with E-state index in [1.54, 1.807) is 0 Å². The molecule has 2 atom stereocenters. The van der Waals surface area contributed by atoms with E-state index in [4.69, 9.17) is 0 Å². The van der Waals surface area contributed by atoms with Gasteiger partial charge in [0.05, 0.1) is 0 Å². The monoisotopic (exact) mass is 544 g/mol. The molecule has 2 aliphatic rings. The SMILES string of the molecule is CN(C(=O)N1CC[C@H](NC(=O)c2ccc(-c3ccccc3)cc2)C1)C1CCN(CCCc2ccccc2)C1.S. The van der Waals surface area contributed by atoms with Crippen LogP contribution in [0.25, 0.3) is 11.1 Å². The highest BCUT2D eigenvalue weighted by atomic mass is 32.1. The predicted molar refractivity (Wildman–Crippen MR) is 162 cm³/mol. The molecule has 7 heteroatoms. The Hall–Kier alpha value is -3.29. The molecule has 6 nitrogen and oxygen atoms in total. The van der Waals surface area contributed by atoms with Crippen LogP contribution >= 0.6 is 13.5 Å². The van der Waals surface area contributed by atoms with Crippen molar-refractivity contribution < 1.29 is 9.59 Å². The van der Waals surface area contributed by atoms with E-state index in [0.717, 1.165) is 56.4 Å². The molecule has 3 amide bonds. The number of likely N-dealkylation sites (tertiary alicyclic amines) is 2. The zero-order chi connectivity index (χ0) is 26.3. The van der Waals surface area contributed by atoms with Crippen LogP contribution in [-0.2, 0) is 6.42 Å². The summed E-state index contributed by atoms with van der Waals surface area (Å²) in [5.41, 5.74) is 4.25. The lowest BCUT2D eigenvalue weighted by Crippen LogP contribution is -2.47. The van der Waals surface area contributed by atoms with Crippen LogP contribution in [0.1, 0.15) is 35.2 Å². The lowest BCUT2D eigenvalue weighted by Gasteiger charge is -2.29. The number of nitrogens with one attached hydrogen (secondary N) is 1. The number of hydrogen-bond acceptors (Lipinski definition) is 3. The van der Waals surface area contributed by atoms with Crippen LogP contribution in [0, 0.1) is 0 Å². The summed E-state index contributed by atoms with van der Waals surface area (Å²) in [5.74, 6) is -0.0841. The van der Waals surface area contributed by atoms with Gasteiger partial charge < -0.3 is 20.0 Å². The van der Waals surface area contributed by atoms with Crippen LogP contribution in [-0.4, -0.2) is 78.5 Å². The molecule has 0 aliphatic carbocycles. The Balaban J connectivity index is 0.00000353. The van der Waals surface area contributed by atoms with Crippen molar-refractivity contribution in [1.82, 2.24) is 20.0 Å². The standard InChI is InChI=1S/C32H38N4O2.H2S/c1-34(30-19-21-35(24-30)20-8-11-25-9-4-2-5-10-25)32(38)36-22-18-29(23-36)33-31(37)28-16-14-27(15-17-28)26-12-6-3-7-13-26;/h2-7,9-10,12-17,29-30H,8,11,18-24H2,1H3,(H,33,37);1H2/t29-,30?;/m0./s1. The molecule has 1 unspecified atom stereocenters. The smallest absolute Gasteiger partial charge is 0.320 e.